The molecular weight excluding hydrogens is 196 g/mol. The van der Waals surface area contributed by atoms with Gasteiger partial charge in [-0.1, -0.05) is 34.6 Å². The Morgan fingerprint density at radius 3 is 2.12 bits per heavy atom. The fourth-order valence-electron chi connectivity index (χ4n) is 2.52. The number of rotatable bonds is 3. The van der Waals surface area contributed by atoms with Crippen molar-refractivity contribution in [2.45, 2.75) is 66.0 Å². The van der Waals surface area contributed by atoms with Gasteiger partial charge in [-0.2, -0.15) is 0 Å². The van der Waals surface area contributed by atoms with E-state index in [9.17, 15) is 0 Å². The first-order chi connectivity index (χ1) is 7.33. The Bertz CT molecular complexity index is 213. The SMILES string of the molecule is CCC(C)(CC)N1CCNC(C(C)(C)C)C1. The lowest BCUT2D eigenvalue weighted by molar-refractivity contribution is 0.0378. The minimum Gasteiger partial charge on any atom is -0.311 e. The molecule has 1 saturated heterocycles. The summed E-state index contributed by atoms with van der Waals surface area (Å²) >= 11 is 0. The molecule has 16 heavy (non-hydrogen) atoms. The third kappa shape index (κ3) is 2.98. The Morgan fingerprint density at radius 2 is 1.69 bits per heavy atom. The Kier molecular flexibility index (Phi) is 4.42. The molecule has 0 radical (unpaired) electrons. The lowest BCUT2D eigenvalue weighted by Gasteiger charge is -2.48. The molecule has 0 bridgehead atoms. The summed E-state index contributed by atoms with van der Waals surface area (Å²) in [5, 5.41) is 3.67. The summed E-state index contributed by atoms with van der Waals surface area (Å²) in [6.07, 6.45) is 2.50. The zero-order valence-corrected chi connectivity index (χ0v) is 12.1. The van der Waals surface area contributed by atoms with E-state index in [0.29, 0.717) is 17.0 Å². The fraction of sp³-hybridized carbons (Fsp3) is 1.00. The molecule has 0 amide bonds. The molecule has 1 heterocycles. The molecule has 0 aromatic heterocycles. The molecule has 2 nitrogen and oxygen atoms in total. The molecule has 0 saturated carbocycles. The first-order valence-electron chi connectivity index (χ1n) is 6.82. The van der Waals surface area contributed by atoms with Crippen molar-refractivity contribution in [1.82, 2.24) is 10.2 Å². The van der Waals surface area contributed by atoms with Crippen LogP contribution in [0.15, 0.2) is 0 Å². The van der Waals surface area contributed by atoms with Crippen LogP contribution < -0.4 is 5.32 Å². The molecular formula is C14H30N2. The molecule has 2 heteroatoms. The van der Waals surface area contributed by atoms with Crippen LogP contribution in [-0.2, 0) is 0 Å². The van der Waals surface area contributed by atoms with Crippen LogP contribution in [0.4, 0.5) is 0 Å². The van der Waals surface area contributed by atoms with Crippen LogP contribution in [0.25, 0.3) is 0 Å². The molecule has 1 atom stereocenters. The predicted octanol–water partition coefficient (Wildman–Crippen LogP) is 2.89. The van der Waals surface area contributed by atoms with E-state index in [2.05, 4.69) is 51.8 Å². The summed E-state index contributed by atoms with van der Waals surface area (Å²) in [5.74, 6) is 0. The average molecular weight is 226 g/mol. The van der Waals surface area contributed by atoms with Crippen molar-refractivity contribution in [2.24, 2.45) is 5.41 Å². The summed E-state index contributed by atoms with van der Waals surface area (Å²) in [4.78, 5) is 2.69. The monoisotopic (exact) mass is 226 g/mol. The average Bonchev–Trinajstić information content (AvgIpc) is 2.27. The van der Waals surface area contributed by atoms with Gasteiger partial charge in [0.1, 0.15) is 0 Å². The van der Waals surface area contributed by atoms with Gasteiger partial charge >= 0.3 is 0 Å². The molecule has 1 unspecified atom stereocenters. The van der Waals surface area contributed by atoms with Gasteiger partial charge in [-0.25, -0.2) is 0 Å². The summed E-state index contributed by atoms with van der Waals surface area (Å²) in [6.45, 7) is 17.6. The van der Waals surface area contributed by atoms with Crippen molar-refractivity contribution < 1.29 is 0 Å². The Balaban J connectivity index is 2.70. The number of nitrogens with one attached hydrogen (secondary N) is 1. The highest BCUT2D eigenvalue weighted by atomic mass is 15.3. The summed E-state index contributed by atoms with van der Waals surface area (Å²) in [5.41, 5.74) is 0.757. The van der Waals surface area contributed by atoms with E-state index in [1.165, 1.54) is 25.9 Å². The maximum Gasteiger partial charge on any atom is 0.0244 e. The van der Waals surface area contributed by atoms with E-state index >= 15 is 0 Å². The zero-order valence-electron chi connectivity index (χ0n) is 12.1. The van der Waals surface area contributed by atoms with Gasteiger partial charge in [0.2, 0.25) is 0 Å². The molecule has 1 aliphatic heterocycles. The van der Waals surface area contributed by atoms with E-state index in [1.807, 2.05) is 0 Å². The van der Waals surface area contributed by atoms with Crippen molar-refractivity contribution in [3.63, 3.8) is 0 Å². The predicted molar refractivity (Wildman–Crippen MR) is 71.8 cm³/mol. The molecule has 1 aliphatic rings. The normalized spacial score (nSPS) is 24.8. The van der Waals surface area contributed by atoms with E-state index in [-0.39, 0.29) is 0 Å². The highest BCUT2D eigenvalue weighted by molar-refractivity contribution is 4.93. The van der Waals surface area contributed by atoms with Gasteiger partial charge in [-0.15, -0.1) is 0 Å². The molecule has 0 spiro atoms. The molecule has 0 aromatic carbocycles. The highest BCUT2D eigenvalue weighted by Gasteiger charge is 2.35. The number of hydrogen-bond donors (Lipinski definition) is 1. The molecule has 0 aliphatic carbocycles. The van der Waals surface area contributed by atoms with Gasteiger partial charge in [0.25, 0.3) is 0 Å². The highest BCUT2D eigenvalue weighted by Crippen LogP contribution is 2.28. The van der Waals surface area contributed by atoms with Crippen molar-refractivity contribution in [3.05, 3.63) is 0 Å². The van der Waals surface area contributed by atoms with Crippen LogP contribution in [0.5, 0.6) is 0 Å². The van der Waals surface area contributed by atoms with Crippen molar-refractivity contribution >= 4 is 0 Å². The Morgan fingerprint density at radius 1 is 1.12 bits per heavy atom. The van der Waals surface area contributed by atoms with Crippen molar-refractivity contribution in [1.29, 1.82) is 0 Å². The second kappa shape index (κ2) is 5.05. The third-order valence-electron chi connectivity index (χ3n) is 4.51. The van der Waals surface area contributed by atoms with E-state index in [0.717, 1.165) is 6.54 Å². The third-order valence-corrected chi connectivity index (χ3v) is 4.51. The first-order valence-corrected chi connectivity index (χ1v) is 6.82. The minimum atomic E-state index is 0.362. The molecule has 96 valence electrons. The number of hydrogen-bond acceptors (Lipinski definition) is 2. The summed E-state index contributed by atoms with van der Waals surface area (Å²) < 4.78 is 0. The van der Waals surface area contributed by atoms with Gasteiger partial charge in [0.15, 0.2) is 0 Å². The van der Waals surface area contributed by atoms with Crippen LogP contribution in [0.2, 0.25) is 0 Å². The standard InChI is InChI=1S/C14H30N2/c1-7-14(6,8-2)16-10-9-15-12(11-16)13(3,4)5/h12,15H,7-11H2,1-6H3. The lowest BCUT2D eigenvalue weighted by Crippen LogP contribution is -2.61. The van der Waals surface area contributed by atoms with E-state index < -0.39 is 0 Å². The maximum absolute atomic E-state index is 3.67. The van der Waals surface area contributed by atoms with Crippen LogP contribution in [0, 0.1) is 5.41 Å². The quantitative estimate of drug-likeness (QED) is 0.796. The molecule has 1 fully saturated rings. The zero-order chi connectivity index (χ0) is 12.4. The molecule has 0 aromatic rings. The summed E-state index contributed by atoms with van der Waals surface area (Å²) in [6, 6.07) is 0.624. The van der Waals surface area contributed by atoms with Gasteiger partial charge in [0, 0.05) is 31.2 Å². The van der Waals surface area contributed by atoms with Gasteiger partial charge in [0.05, 0.1) is 0 Å². The minimum absolute atomic E-state index is 0.362. The molecule has 1 rings (SSSR count). The molecule has 1 N–H and O–H groups in total. The number of piperazine rings is 1. The van der Waals surface area contributed by atoms with E-state index in [4.69, 9.17) is 0 Å². The fourth-order valence-corrected chi connectivity index (χ4v) is 2.52. The van der Waals surface area contributed by atoms with Gasteiger partial charge < -0.3 is 5.32 Å². The second-order valence-electron chi connectivity index (χ2n) is 6.52. The first kappa shape index (κ1) is 14.0. The Hall–Kier alpha value is -0.0800. The van der Waals surface area contributed by atoms with Gasteiger partial charge in [-0.05, 0) is 25.2 Å². The van der Waals surface area contributed by atoms with Crippen LogP contribution in [-0.4, -0.2) is 36.1 Å². The smallest absolute Gasteiger partial charge is 0.0244 e. The van der Waals surface area contributed by atoms with Gasteiger partial charge in [-0.3, -0.25) is 4.90 Å². The van der Waals surface area contributed by atoms with Crippen molar-refractivity contribution in [2.75, 3.05) is 19.6 Å². The number of nitrogens with zero attached hydrogens (tertiary/aromatic N) is 1. The Labute approximate surface area is 102 Å². The second-order valence-corrected chi connectivity index (χ2v) is 6.52. The van der Waals surface area contributed by atoms with Crippen LogP contribution in [0.1, 0.15) is 54.4 Å². The van der Waals surface area contributed by atoms with Crippen molar-refractivity contribution in [3.8, 4) is 0 Å². The van der Waals surface area contributed by atoms with Crippen LogP contribution >= 0.6 is 0 Å². The topological polar surface area (TPSA) is 15.3 Å². The largest absolute Gasteiger partial charge is 0.311 e. The van der Waals surface area contributed by atoms with E-state index in [1.54, 1.807) is 0 Å². The lowest BCUT2D eigenvalue weighted by atomic mass is 9.83. The summed E-state index contributed by atoms with van der Waals surface area (Å²) in [7, 11) is 0. The van der Waals surface area contributed by atoms with Crippen LogP contribution in [0.3, 0.4) is 0 Å². The maximum atomic E-state index is 3.67.